The van der Waals surface area contributed by atoms with E-state index in [2.05, 4.69) is 10.6 Å². The number of hydrogen-bond donors (Lipinski definition) is 2. The quantitative estimate of drug-likeness (QED) is 0.509. The highest BCUT2D eigenvalue weighted by atomic mass is 16.5. The summed E-state index contributed by atoms with van der Waals surface area (Å²) in [5.41, 5.74) is 1.58. The Labute approximate surface area is 160 Å². The molecule has 1 aromatic rings. The Kier molecular flexibility index (Phi) is 7.52. The second-order valence-electron chi connectivity index (χ2n) is 6.32. The molecule has 0 saturated heterocycles. The van der Waals surface area contributed by atoms with E-state index in [4.69, 9.17) is 14.2 Å². The zero-order chi connectivity index (χ0) is 19.8. The van der Waals surface area contributed by atoms with Crippen molar-refractivity contribution in [2.24, 2.45) is 0 Å². The standard InChI is InChI=1S/C20H28N2O5/c1-5-7-11-27-19(23)17-13(3)21-20(24)22-18(17)14-8-9-15(26-10-6-2)16(12-14)25-4/h8-9,12,18H,5-7,10-11H2,1-4H3,(H2,21,22,24)/t18-/m0/s1. The van der Waals surface area contributed by atoms with Crippen LogP contribution >= 0.6 is 0 Å². The van der Waals surface area contributed by atoms with Gasteiger partial charge < -0.3 is 24.8 Å². The molecule has 27 heavy (non-hydrogen) atoms. The van der Waals surface area contributed by atoms with Gasteiger partial charge >= 0.3 is 12.0 Å². The predicted molar refractivity (Wildman–Crippen MR) is 102 cm³/mol. The molecule has 0 spiro atoms. The normalized spacial score (nSPS) is 16.4. The topological polar surface area (TPSA) is 85.9 Å². The number of hydrogen-bond acceptors (Lipinski definition) is 5. The molecule has 0 saturated carbocycles. The lowest BCUT2D eigenvalue weighted by molar-refractivity contribution is -0.139. The number of methoxy groups -OCH3 is 1. The summed E-state index contributed by atoms with van der Waals surface area (Å²) in [6.07, 6.45) is 2.60. The minimum absolute atomic E-state index is 0.347. The first-order valence-corrected chi connectivity index (χ1v) is 9.27. The van der Waals surface area contributed by atoms with Gasteiger partial charge in [0.15, 0.2) is 11.5 Å². The van der Waals surface area contributed by atoms with Gasteiger partial charge in [0.05, 0.1) is 31.9 Å². The number of carbonyl (C=O) groups excluding carboxylic acids is 2. The third-order valence-corrected chi connectivity index (χ3v) is 4.20. The Bertz CT molecular complexity index is 714. The van der Waals surface area contributed by atoms with E-state index in [9.17, 15) is 9.59 Å². The molecule has 2 N–H and O–H groups in total. The third-order valence-electron chi connectivity index (χ3n) is 4.20. The SMILES string of the molecule is CCCCOC(=O)C1=C(C)NC(=O)N[C@H]1c1ccc(OCCC)c(OC)c1. The fourth-order valence-corrected chi connectivity index (χ4v) is 2.80. The maximum Gasteiger partial charge on any atom is 0.338 e. The van der Waals surface area contributed by atoms with E-state index < -0.39 is 12.0 Å². The Morgan fingerprint density at radius 3 is 2.59 bits per heavy atom. The van der Waals surface area contributed by atoms with Gasteiger partial charge in [-0.15, -0.1) is 0 Å². The lowest BCUT2D eigenvalue weighted by Crippen LogP contribution is -2.45. The van der Waals surface area contributed by atoms with E-state index in [1.807, 2.05) is 19.9 Å². The van der Waals surface area contributed by atoms with Crippen LogP contribution in [0, 0.1) is 0 Å². The van der Waals surface area contributed by atoms with Crippen LogP contribution in [0.5, 0.6) is 11.5 Å². The number of urea groups is 1. The van der Waals surface area contributed by atoms with Crippen LogP contribution in [0.3, 0.4) is 0 Å². The van der Waals surface area contributed by atoms with Crippen LogP contribution in [-0.4, -0.2) is 32.3 Å². The molecular weight excluding hydrogens is 348 g/mol. The van der Waals surface area contributed by atoms with Crippen molar-refractivity contribution in [1.29, 1.82) is 0 Å². The molecule has 148 valence electrons. The van der Waals surface area contributed by atoms with Crippen molar-refractivity contribution in [1.82, 2.24) is 10.6 Å². The number of ether oxygens (including phenoxy) is 3. The van der Waals surface area contributed by atoms with Gasteiger partial charge in [0, 0.05) is 5.70 Å². The Morgan fingerprint density at radius 2 is 1.93 bits per heavy atom. The summed E-state index contributed by atoms with van der Waals surface area (Å²) >= 11 is 0. The average molecular weight is 376 g/mol. The van der Waals surface area contributed by atoms with Gasteiger partial charge in [-0.1, -0.05) is 26.3 Å². The number of unbranched alkanes of at least 4 members (excludes halogenated alkanes) is 1. The number of carbonyl (C=O) groups is 2. The molecule has 1 aromatic carbocycles. The first kappa shape index (κ1) is 20.6. The van der Waals surface area contributed by atoms with Crippen LogP contribution in [0.1, 0.15) is 51.6 Å². The first-order chi connectivity index (χ1) is 13.0. The number of esters is 1. The second-order valence-corrected chi connectivity index (χ2v) is 6.32. The van der Waals surface area contributed by atoms with Crippen molar-refractivity contribution >= 4 is 12.0 Å². The number of rotatable bonds is 9. The molecular formula is C20H28N2O5. The van der Waals surface area contributed by atoms with Gasteiger partial charge in [-0.2, -0.15) is 0 Å². The van der Waals surface area contributed by atoms with Crippen molar-refractivity contribution in [3.8, 4) is 11.5 Å². The monoisotopic (exact) mass is 376 g/mol. The first-order valence-electron chi connectivity index (χ1n) is 9.27. The fraction of sp³-hybridized carbons (Fsp3) is 0.500. The Hall–Kier alpha value is -2.70. The second kappa shape index (κ2) is 9.85. The van der Waals surface area contributed by atoms with Crippen LogP contribution < -0.4 is 20.1 Å². The van der Waals surface area contributed by atoms with E-state index in [0.29, 0.717) is 41.5 Å². The maximum absolute atomic E-state index is 12.6. The van der Waals surface area contributed by atoms with Crippen LogP contribution in [-0.2, 0) is 9.53 Å². The van der Waals surface area contributed by atoms with E-state index in [-0.39, 0.29) is 6.03 Å². The molecule has 0 aromatic heterocycles. The van der Waals surface area contributed by atoms with Crippen molar-refractivity contribution in [3.05, 3.63) is 35.0 Å². The molecule has 0 fully saturated rings. The molecule has 1 aliphatic rings. The number of amides is 2. The molecule has 7 heteroatoms. The lowest BCUT2D eigenvalue weighted by Gasteiger charge is -2.28. The molecule has 0 radical (unpaired) electrons. The minimum Gasteiger partial charge on any atom is -0.493 e. The molecule has 7 nitrogen and oxygen atoms in total. The zero-order valence-electron chi connectivity index (χ0n) is 16.4. The highest BCUT2D eigenvalue weighted by Crippen LogP contribution is 2.34. The van der Waals surface area contributed by atoms with Gasteiger partial charge in [0.2, 0.25) is 0 Å². The molecule has 2 amide bonds. The lowest BCUT2D eigenvalue weighted by atomic mass is 9.95. The molecule has 1 heterocycles. The summed E-state index contributed by atoms with van der Waals surface area (Å²) in [5, 5.41) is 5.43. The molecule has 1 aliphatic heterocycles. The van der Waals surface area contributed by atoms with Crippen molar-refractivity contribution < 1.29 is 23.8 Å². The van der Waals surface area contributed by atoms with Crippen LogP contribution in [0.15, 0.2) is 29.5 Å². The Balaban J connectivity index is 2.33. The molecule has 0 aliphatic carbocycles. The number of allylic oxidation sites excluding steroid dienone is 1. The van der Waals surface area contributed by atoms with E-state index in [1.54, 1.807) is 26.2 Å². The molecule has 0 unspecified atom stereocenters. The third kappa shape index (κ3) is 5.15. The van der Waals surface area contributed by atoms with Crippen LogP contribution in [0.25, 0.3) is 0 Å². The highest BCUT2D eigenvalue weighted by Gasteiger charge is 2.32. The van der Waals surface area contributed by atoms with Gasteiger partial charge in [-0.3, -0.25) is 0 Å². The van der Waals surface area contributed by atoms with Crippen molar-refractivity contribution in [2.75, 3.05) is 20.3 Å². The Morgan fingerprint density at radius 1 is 1.15 bits per heavy atom. The molecule has 2 rings (SSSR count). The minimum atomic E-state index is -0.623. The summed E-state index contributed by atoms with van der Waals surface area (Å²) in [6, 6.07) is 4.38. The number of nitrogens with one attached hydrogen (secondary N) is 2. The van der Waals surface area contributed by atoms with Gasteiger partial charge in [-0.25, -0.2) is 9.59 Å². The summed E-state index contributed by atoms with van der Waals surface area (Å²) in [5.74, 6) is 0.727. The van der Waals surface area contributed by atoms with Gasteiger partial charge in [-0.05, 0) is 37.5 Å². The van der Waals surface area contributed by atoms with E-state index >= 15 is 0 Å². The zero-order valence-corrected chi connectivity index (χ0v) is 16.4. The summed E-state index contributed by atoms with van der Waals surface area (Å²) in [4.78, 5) is 24.6. The summed E-state index contributed by atoms with van der Waals surface area (Å²) in [6.45, 7) is 6.67. The van der Waals surface area contributed by atoms with Crippen molar-refractivity contribution in [3.63, 3.8) is 0 Å². The molecule has 1 atom stereocenters. The smallest absolute Gasteiger partial charge is 0.338 e. The largest absolute Gasteiger partial charge is 0.493 e. The average Bonchev–Trinajstić information content (AvgIpc) is 2.65. The van der Waals surface area contributed by atoms with Crippen LogP contribution in [0.4, 0.5) is 4.79 Å². The maximum atomic E-state index is 12.6. The molecule has 0 bridgehead atoms. The summed E-state index contributed by atoms with van der Waals surface area (Å²) < 4.78 is 16.5. The van der Waals surface area contributed by atoms with Gasteiger partial charge in [0.1, 0.15) is 0 Å². The number of benzene rings is 1. The van der Waals surface area contributed by atoms with E-state index in [0.717, 1.165) is 19.3 Å². The van der Waals surface area contributed by atoms with Crippen LogP contribution in [0.2, 0.25) is 0 Å². The highest BCUT2D eigenvalue weighted by molar-refractivity contribution is 5.95. The summed E-state index contributed by atoms with van der Waals surface area (Å²) in [7, 11) is 1.56. The predicted octanol–water partition coefficient (Wildman–Crippen LogP) is 3.46. The van der Waals surface area contributed by atoms with E-state index in [1.165, 1.54) is 0 Å². The van der Waals surface area contributed by atoms with Gasteiger partial charge in [0.25, 0.3) is 0 Å². The van der Waals surface area contributed by atoms with Crippen molar-refractivity contribution in [2.45, 2.75) is 46.1 Å². The fourth-order valence-electron chi connectivity index (χ4n) is 2.80.